The second kappa shape index (κ2) is 6.95. The smallest absolute Gasteiger partial charge is 0.336 e. The number of nitrogens with zero attached hydrogens (tertiary/aromatic N) is 2. The summed E-state index contributed by atoms with van der Waals surface area (Å²) in [5.74, 6) is -1.47. The number of hydrogen-bond donors (Lipinski definition) is 1. The van der Waals surface area contributed by atoms with Gasteiger partial charge in [0.1, 0.15) is 5.82 Å². The number of carbonyl (C=O) groups is 1. The Balaban J connectivity index is 2.18. The molecule has 0 spiro atoms. The van der Waals surface area contributed by atoms with Gasteiger partial charge in [-0.05, 0) is 42.4 Å². The molecule has 1 N–H and O–H groups in total. The van der Waals surface area contributed by atoms with Crippen molar-refractivity contribution in [2.24, 2.45) is 0 Å². The molecule has 2 aromatic rings. The second-order valence-corrected chi connectivity index (χ2v) is 4.73. The van der Waals surface area contributed by atoms with Gasteiger partial charge in [-0.25, -0.2) is 9.18 Å². The van der Waals surface area contributed by atoms with E-state index < -0.39 is 11.8 Å². The third kappa shape index (κ3) is 4.10. The van der Waals surface area contributed by atoms with E-state index in [4.69, 9.17) is 0 Å². The van der Waals surface area contributed by atoms with Crippen LogP contribution in [0.4, 0.5) is 4.39 Å². The van der Waals surface area contributed by atoms with Crippen LogP contribution in [0, 0.1) is 5.82 Å². The van der Waals surface area contributed by atoms with Gasteiger partial charge < -0.3 is 5.11 Å². The highest BCUT2D eigenvalue weighted by Crippen LogP contribution is 2.15. The van der Waals surface area contributed by atoms with Crippen molar-refractivity contribution in [3.05, 3.63) is 65.2 Å². The lowest BCUT2D eigenvalue weighted by molar-refractivity contribution is 0.0694. The first kappa shape index (κ1) is 15.1. The minimum absolute atomic E-state index is 0.135. The van der Waals surface area contributed by atoms with Crippen LogP contribution in [-0.2, 0) is 13.1 Å². The summed E-state index contributed by atoms with van der Waals surface area (Å²) in [5, 5.41) is 9.18. The Kier molecular flexibility index (Phi) is 5.00. The summed E-state index contributed by atoms with van der Waals surface area (Å²) in [6.45, 7) is 3.65. The van der Waals surface area contributed by atoms with Gasteiger partial charge in [-0.15, -0.1) is 0 Å². The number of carboxylic acids is 1. The normalized spacial score (nSPS) is 10.8. The molecule has 1 aromatic heterocycles. The number of aromatic carboxylic acids is 1. The molecule has 0 fully saturated rings. The van der Waals surface area contributed by atoms with E-state index in [-0.39, 0.29) is 5.56 Å². The van der Waals surface area contributed by atoms with E-state index >= 15 is 0 Å². The van der Waals surface area contributed by atoms with Crippen molar-refractivity contribution in [2.75, 3.05) is 6.54 Å². The highest BCUT2D eigenvalue weighted by molar-refractivity contribution is 5.89. The number of halogens is 1. The van der Waals surface area contributed by atoms with E-state index in [2.05, 4.69) is 4.98 Å². The molecule has 1 heterocycles. The predicted molar refractivity (Wildman–Crippen MR) is 77.4 cm³/mol. The van der Waals surface area contributed by atoms with Crippen LogP contribution in [0.5, 0.6) is 0 Å². The number of aromatic nitrogens is 1. The van der Waals surface area contributed by atoms with Gasteiger partial charge in [-0.1, -0.05) is 13.0 Å². The maximum Gasteiger partial charge on any atom is 0.336 e. The maximum atomic E-state index is 13.4. The van der Waals surface area contributed by atoms with Crippen molar-refractivity contribution in [3.8, 4) is 0 Å². The first-order valence-electron chi connectivity index (χ1n) is 6.74. The van der Waals surface area contributed by atoms with Crippen LogP contribution >= 0.6 is 0 Å². The Morgan fingerprint density at radius 2 is 2.10 bits per heavy atom. The molecule has 21 heavy (non-hydrogen) atoms. The summed E-state index contributed by atoms with van der Waals surface area (Å²) in [7, 11) is 0. The summed E-state index contributed by atoms with van der Waals surface area (Å²) in [5.41, 5.74) is 1.50. The van der Waals surface area contributed by atoms with Gasteiger partial charge in [0.15, 0.2) is 0 Å². The minimum Gasteiger partial charge on any atom is -0.478 e. The fourth-order valence-corrected chi connectivity index (χ4v) is 2.14. The molecule has 0 bridgehead atoms. The molecule has 0 saturated carbocycles. The maximum absolute atomic E-state index is 13.4. The SMILES string of the molecule is CCN(Cc1ccccn1)Cc1cc(F)ccc1C(=O)O. The molecule has 0 aliphatic rings. The van der Waals surface area contributed by atoms with Gasteiger partial charge in [-0.3, -0.25) is 9.88 Å². The standard InChI is InChI=1S/C16H17FN2O2/c1-2-19(11-14-5-3-4-8-18-14)10-12-9-13(17)6-7-15(12)16(20)21/h3-9H,2,10-11H2,1H3,(H,20,21). The number of rotatable bonds is 6. The summed E-state index contributed by atoms with van der Waals surface area (Å²) in [6.07, 6.45) is 1.72. The Morgan fingerprint density at radius 3 is 2.71 bits per heavy atom. The van der Waals surface area contributed by atoms with E-state index in [1.54, 1.807) is 6.20 Å². The summed E-state index contributed by atoms with van der Waals surface area (Å²) in [6, 6.07) is 9.41. The molecule has 0 saturated heterocycles. The van der Waals surface area contributed by atoms with Crippen LogP contribution in [0.3, 0.4) is 0 Å². The lowest BCUT2D eigenvalue weighted by atomic mass is 10.1. The second-order valence-electron chi connectivity index (χ2n) is 4.73. The number of benzene rings is 1. The monoisotopic (exact) mass is 288 g/mol. The summed E-state index contributed by atoms with van der Waals surface area (Å²) >= 11 is 0. The Morgan fingerprint density at radius 1 is 1.29 bits per heavy atom. The van der Waals surface area contributed by atoms with Gasteiger partial charge in [0.05, 0.1) is 11.3 Å². The highest BCUT2D eigenvalue weighted by atomic mass is 19.1. The molecule has 1 aromatic carbocycles. The molecule has 4 nitrogen and oxygen atoms in total. The fourth-order valence-electron chi connectivity index (χ4n) is 2.14. The molecule has 5 heteroatoms. The third-order valence-corrected chi connectivity index (χ3v) is 3.25. The fraction of sp³-hybridized carbons (Fsp3) is 0.250. The Labute approximate surface area is 122 Å². The van der Waals surface area contributed by atoms with Crippen molar-refractivity contribution in [2.45, 2.75) is 20.0 Å². The molecular formula is C16H17FN2O2. The average molecular weight is 288 g/mol. The summed E-state index contributed by atoms with van der Waals surface area (Å²) < 4.78 is 13.4. The minimum atomic E-state index is -1.04. The molecule has 110 valence electrons. The molecule has 0 atom stereocenters. The van der Waals surface area contributed by atoms with Gasteiger partial charge >= 0.3 is 5.97 Å². The molecule has 2 rings (SSSR count). The van der Waals surface area contributed by atoms with Crippen LogP contribution in [0.2, 0.25) is 0 Å². The van der Waals surface area contributed by atoms with E-state index in [9.17, 15) is 14.3 Å². The quantitative estimate of drug-likeness (QED) is 0.888. The van der Waals surface area contributed by atoms with E-state index in [0.717, 1.165) is 5.69 Å². The van der Waals surface area contributed by atoms with Gasteiger partial charge in [-0.2, -0.15) is 0 Å². The number of pyridine rings is 1. The predicted octanol–water partition coefficient (Wildman–Crippen LogP) is 2.94. The largest absolute Gasteiger partial charge is 0.478 e. The van der Waals surface area contributed by atoms with Crippen molar-refractivity contribution in [1.29, 1.82) is 0 Å². The van der Waals surface area contributed by atoms with E-state index in [1.165, 1.54) is 18.2 Å². The number of carboxylic acid groups (broad SMARTS) is 1. The van der Waals surface area contributed by atoms with Crippen LogP contribution in [-0.4, -0.2) is 27.5 Å². The van der Waals surface area contributed by atoms with E-state index in [1.807, 2.05) is 30.0 Å². The Bertz CT molecular complexity index is 617. The molecule has 0 aliphatic carbocycles. The molecular weight excluding hydrogens is 271 g/mol. The van der Waals surface area contributed by atoms with E-state index in [0.29, 0.717) is 25.2 Å². The van der Waals surface area contributed by atoms with Crippen LogP contribution < -0.4 is 0 Å². The van der Waals surface area contributed by atoms with Crippen LogP contribution in [0.25, 0.3) is 0 Å². The zero-order valence-corrected chi connectivity index (χ0v) is 11.8. The lowest BCUT2D eigenvalue weighted by Gasteiger charge is -2.21. The summed E-state index contributed by atoms with van der Waals surface area (Å²) in [4.78, 5) is 17.5. The third-order valence-electron chi connectivity index (χ3n) is 3.25. The van der Waals surface area contributed by atoms with Crippen LogP contribution in [0.1, 0.15) is 28.5 Å². The van der Waals surface area contributed by atoms with Crippen molar-refractivity contribution < 1.29 is 14.3 Å². The number of hydrogen-bond acceptors (Lipinski definition) is 3. The molecule has 0 radical (unpaired) electrons. The van der Waals surface area contributed by atoms with Gasteiger partial charge in [0.25, 0.3) is 0 Å². The Hall–Kier alpha value is -2.27. The lowest BCUT2D eigenvalue weighted by Crippen LogP contribution is -2.24. The average Bonchev–Trinajstić information content (AvgIpc) is 2.47. The molecule has 0 aliphatic heterocycles. The first-order chi connectivity index (χ1) is 10.1. The first-order valence-corrected chi connectivity index (χ1v) is 6.74. The van der Waals surface area contributed by atoms with Crippen LogP contribution in [0.15, 0.2) is 42.6 Å². The van der Waals surface area contributed by atoms with Crippen molar-refractivity contribution in [3.63, 3.8) is 0 Å². The zero-order chi connectivity index (χ0) is 15.2. The van der Waals surface area contributed by atoms with Crippen molar-refractivity contribution >= 4 is 5.97 Å². The highest BCUT2D eigenvalue weighted by Gasteiger charge is 2.14. The zero-order valence-electron chi connectivity index (χ0n) is 11.8. The van der Waals surface area contributed by atoms with Gasteiger partial charge in [0.2, 0.25) is 0 Å². The van der Waals surface area contributed by atoms with Gasteiger partial charge in [0, 0.05) is 19.3 Å². The topological polar surface area (TPSA) is 53.4 Å². The molecule has 0 amide bonds. The molecule has 0 unspecified atom stereocenters. The van der Waals surface area contributed by atoms with Crippen molar-refractivity contribution in [1.82, 2.24) is 9.88 Å².